The Labute approximate surface area is 98.7 Å². The van der Waals surface area contributed by atoms with Crippen molar-refractivity contribution < 1.29 is 14.6 Å². The van der Waals surface area contributed by atoms with Crippen LogP contribution in [-0.2, 0) is 15.9 Å². The van der Waals surface area contributed by atoms with Gasteiger partial charge in [0.1, 0.15) is 0 Å². The molecule has 2 heterocycles. The van der Waals surface area contributed by atoms with Crippen molar-refractivity contribution in [3.63, 3.8) is 0 Å². The molecule has 5 heteroatoms. The van der Waals surface area contributed by atoms with E-state index in [2.05, 4.69) is 4.98 Å². The Morgan fingerprint density at radius 2 is 2.18 bits per heavy atom. The highest BCUT2D eigenvalue weighted by Crippen LogP contribution is 2.24. The van der Waals surface area contributed by atoms with Crippen LogP contribution in [0.15, 0.2) is 29.2 Å². The summed E-state index contributed by atoms with van der Waals surface area (Å²) in [4.78, 5) is 14.4. The highest BCUT2D eigenvalue weighted by atomic mass is 16.7. The maximum absolute atomic E-state index is 11.7. The number of aliphatic hydroxyl groups excluding tert-OH is 1. The number of ether oxygens (including phenoxy) is 2. The maximum atomic E-state index is 11.7. The molecule has 0 spiro atoms. The van der Waals surface area contributed by atoms with Gasteiger partial charge in [0, 0.05) is 17.3 Å². The van der Waals surface area contributed by atoms with Crippen LogP contribution < -0.4 is 5.56 Å². The second-order valence-electron chi connectivity index (χ2n) is 3.67. The monoisotopic (exact) mass is 237 g/mol. The lowest BCUT2D eigenvalue weighted by Gasteiger charge is -2.12. The summed E-state index contributed by atoms with van der Waals surface area (Å²) in [6.07, 6.45) is 4.95. The Hall–Kier alpha value is -1.43. The van der Waals surface area contributed by atoms with Crippen LogP contribution >= 0.6 is 0 Å². The summed E-state index contributed by atoms with van der Waals surface area (Å²) in [6, 6.07) is 1.79. The number of hydrogen-bond donors (Lipinski definition) is 2. The third-order valence-corrected chi connectivity index (χ3v) is 2.57. The first-order valence-corrected chi connectivity index (χ1v) is 5.52. The summed E-state index contributed by atoms with van der Waals surface area (Å²) in [5, 5.41) is 8.67. The second kappa shape index (κ2) is 5.77. The minimum absolute atomic E-state index is 0.0312. The average Bonchev–Trinajstić information content (AvgIpc) is 2.85. The Bertz CT molecular complexity index is 446. The van der Waals surface area contributed by atoms with Crippen LogP contribution in [0.2, 0.25) is 0 Å². The van der Waals surface area contributed by atoms with Gasteiger partial charge in [-0.05, 0) is 12.5 Å². The number of rotatable bonds is 4. The van der Waals surface area contributed by atoms with Crippen LogP contribution in [0.4, 0.5) is 0 Å². The van der Waals surface area contributed by atoms with Crippen molar-refractivity contribution in [2.45, 2.75) is 12.7 Å². The fourth-order valence-electron chi connectivity index (χ4n) is 1.77. The number of nitrogens with one attached hydrogen (secondary N) is 1. The zero-order valence-corrected chi connectivity index (χ0v) is 9.39. The number of aliphatic hydroxyl groups is 1. The van der Waals surface area contributed by atoms with E-state index in [1.165, 1.54) is 0 Å². The van der Waals surface area contributed by atoms with Crippen LogP contribution in [0.5, 0.6) is 0 Å². The van der Waals surface area contributed by atoms with E-state index in [0.717, 1.165) is 5.56 Å². The van der Waals surface area contributed by atoms with Crippen LogP contribution in [0.25, 0.3) is 0 Å². The zero-order valence-electron chi connectivity index (χ0n) is 9.39. The minimum atomic E-state index is -0.449. The zero-order chi connectivity index (χ0) is 12.1. The highest BCUT2D eigenvalue weighted by Gasteiger charge is 2.22. The largest absolute Gasteiger partial charge is 0.392 e. The highest BCUT2D eigenvalue weighted by molar-refractivity contribution is 5.27. The van der Waals surface area contributed by atoms with E-state index in [9.17, 15) is 4.79 Å². The van der Waals surface area contributed by atoms with E-state index in [1.54, 1.807) is 24.4 Å². The average molecular weight is 237 g/mol. The van der Waals surface area contributed by atoms with Gasteiger partial charge in [0.2, 0.25) is 0 Å². The number of aromatic nitrogens is 1. The van der Waals surface area contributed by atoms with Gasteiger partial charge in [-0.3, -0.25) is 4.79 Å². The Balaban J connectivity index is 2.27. The topological polar surface area (TPSA) is 71.6 Å². The number of pyridine rings is 1. The summed E-state index contributed by atoms with van der Waals surface area (Å²) < 4.78 is 10.8. The molecule has 0 amide bonds. The third-order valence-electron chi connectivity index (χ3n) is 2.57. The lowest BCUT2D eigenvalue weighted by molar-refractivity contribution is -0.0447. The summed E-state index contributed by atoms with van der Waals surface area (Å²) in [5.41, 5.74) is 1.22. The summed E-state index contributed by atoms with van der Waals surface area (Å²) >= 11 is 0. The fourth-order valence-corrected chi connectivity index (χ4v) is 1.77. The number of hydrogen-bond acceptors (Lipinski definition) is 4. The maximum Gasteiger partial charge on any atom is 0.251 e. The van der Waals surface area contributed by atoms with Crippen molar-refractivity contribution in [3.8, 4) is 0 Å². The van der Waals surface area contributed by atoms with Gasteiger partial charge in [0.05, 0.1) is 19.8 Å². The molecule has 0 atom stereocenters. The van der Waals surface area contributed by atoms with Gasteiger partial charge >= 0.3 is 0 Å². The first kappa shape index (κ1) is 12.0. The van der Waals surface area contributed by atoms with Crippen LogP contribution in [0.3, 0.4) is 0 Å². The number of aromatic amines is 1. The van der Waals surface area contributed by atoms with Gasteiger partial charge in [-0.25, -0.2) is 0 Å². The van der Waals surface area contributed by atoms with E-state index in [1.807, 2.05) is 0 Å². The molecule has 0 unspecified atom stereocenters. The molecule has 1 aromatic heterocycles. The summed E-state index contributed by atoms with van der Waals surface area (Å²) in [7, 11) is 0. The lowest BCUT2D eigenvalue weighted by Crippen LogP contribution is -2.17. The molecule has 0 bridgehead atoms. The molecule has 1 aliphatic rings. The van der Waals surface area contributed by atoms with Gasteiger partial charge in [-0.15, -0.1) is 0 Å². The van der Waals surface area contributed by atoms with Crippen molar-refractivity contribution >= 4 is 0 Å². The summed E-state index contributed by atoms with van der Waals surface area (Å²) in [5.74, 6) is 0. The molecule has 0 aliphatic carbocycles. The molecule has 2 rings (SSSR count). The van der Waals surface area contributed by atoms with Crippen molar-refractivity contribution in [2.24, 2.45) is 0 Å². The molecule has 92 valence electrons. The normalized spacial score (nSPS) is 17.0. The molecule has 1 fully saturated rings. The smallest absolute Gasteiger partial charge is 0.251 e. The number of H-pyrrole nitrogens is 1. The minimum Gasteiger partial charge on any atom is -0.392 e. The first-order chi connectivity index (χ1) is 8.33. The molecule has 1 saturated heterocycles. The molecule has 1 aromatic rings. The van der Waals surface area contributed by atoms with Crippen molar-refractivity contribution in [2.75, 3.05) is 19.8 Å². The van der Waals surface area contributed by atoms with Gasteiger partial charge in [0.15, 0.2) is 6.29 Å². The van der Waals surface area contributed by atoms with Gasteiger partial charge < -0.3 is 19.6 Å². The van der Waals surface area contributed by atoms with E-state index in [-0.39, 0.29) is 12.2 Å². The van der Waals surface area contributed by atoms with Crippen molar-refractivity contribution in [1.82, 2.24) is 4.98 Å². The van der Waals surface area contributed by atoms with Crippen molar-refractivity contribution in [1.29, 1.82) is 0 Å². The van der Waals surface area contributed by atoms with Gasteiger partial charge in [-0.2, -0.15) is 0 Å². The molecule has 17 heavy (non-hydrogen) atoms. The van der Waals surface area contributed by atoms with Crippen LogP contribution in [-0.4, -0.2) is 29.9 Å². The van der Waals surface area contributed by atoms with Gasteiger partial charge in [0.25, 0.3) is 5.56 Å². The van der Waals surface area contributed by atoms with Crippen LogP contribution in [0.1, 0.15) is 17.4 Å². The molecular weight excluding hydrogens is 222 g/mol. The molecule has 0 aromatic carbocycles. The molecule has 1 aliphatic heterocycles. The molecular formula is C12H15NO4. The Morgan fingerprint density at radius 1 is 1.41 bits per heavy atom. The summed E-state index contributed by atoms with van der Waals surface area (Å²) in [6.45, 7) is 1.06. The van der Waals surface area contributed by atoms with E-state index in [4.69, 9.17) is 14.6 Å². The number of allylic oxidation sites excluding steroid dienone is 1. The Kier molecular flexibility index (Phi) is 4.08. The van der Waals surface area contributed by atoms with Crippen LogP contribution in [0, 0.1) is 0 Å². The predicted molar refractivity (Wildman–Crippen MR) is 61.6 cm³/mol. The quantitative estimate of drug-likeness (QED) is 0.748. The van der Waals surface area contributed by atoms with E-state index in [0.29, 0.717) is 25.2 Å². The van der Waals surface area contributed by atoms with E-state index < -0.39 is 6.29 Å². The predicted octanol–water partition coefficient (Wildman–Crippen LogP) is 0.511. The second-order valence-corrected chi connectivity index (χ2v) is 3.67. The lowest BCUT2D eigenvalue weighted by atomic mass is 10.1. The SMILES string of the molecule is O=c1[nH]ccc(C2OCCO2)c1CC=CCO. The third kappa shape index (κ3) is 2.82. The molecule has 5 nitrogen and oxygen atoms in total. The molecule has 0 saturated carbocycles. The molecule has 2 N–H and O–H groups in total. The van der Waals surface area contributed by atoms with Crippen molar-refractivity contribution in [3.05, 3.63) is 45.9 Å². The first-order valence-electron chi connectivity index (χ1n) is 5.52. The fraction of sp³-hybridized carbons (Fsp3) is 0.417. The molecule has 0 radical (unpaired) electrons. The van der Waals surface area contributed by atoms with Gasteiger partial charge in [-0.1, -0.05) is 12.2 Å². The standard InChI is InChI=1S/C12H15NO4/c14-6-2-1-3-9-10(4-5-13-11(9)15)12-16-7-8-17-12/h1-2,4-5,12,14H,3,6-8H2,(H,13,15). The van der Waals surface area contributed by atoms with E-state index >= 15 is 0 Å². The Morgan fingerprint density at radius 3 is 2.88 bits per heavy atom.